The summed E-state index contributed by atoms with van der Waals surface area (Å²) in [6, 6.07) is 13.4. The number of nitrogens with zero attached hydrogens (tertiary/aromatic N) is 1. The van der Waals surface area contributed by atoms with E-state index in [2.05, 4.69) is 11.6 Å². The lowest BCUT2D eigenvalue weighted by Gasteiger charge is -2.17. The van der Waals surface area contributed by atoms with E-state index in [0.717, 1.165) is 16.9 Å². The maximum absolute atomic E-state index is 12.5. The van der Waals surface area contributed by atoms with Crippen LogP contribution >= 0.6 is 11.3 Å². The first-order valence-electron chi connectivity index (χ1n) is 8.99. The number of hydrogen-bond donors (Lipinski definition) is 1. The minimum Gasteiger partial charge on any atom is -0.445 e. The van der Waals surface area contributed by atoms with Gasteiger partial charge in [-0.15, -0.1) is 11.3 Å². The minimum absolute atomic E-state index is 0.160. The van der Waals surface area contributed by atoms with Crippen molar-refractivity contribution in [3.63, 3.8) is 0 Å². The van der Waals surface area contributed by atoms with Crippen LogP contribution in [0, 0.1) is 0 Å². The molecule has 0 bridgehead atoms. The lowest BCUT2D eigenvalue weighted by Crippen LogP contribution is -2.37. The second-order valence-corrected chi connectivity index (χ2v) is 9.78. The fraction of sp³-hybridized carbons (Fsp3) is 0.421. The van der Waals surface area contributed by atoms with Crippen molar-refractivity contribution < 1.29 is 17.9 Å². The van der Waals surface area contributed by atoms with Gasteiger partial charge in [-0.2, -0.15) is 0 Å². The average molecular weight is 409 g/mol. The van der Waals surface area contributed by atoms with E-state index in [9.17, 15) is 13.2 Å². The first-order chi connectivity index (χ1) is 13.0. The van der Waals surface area contributed by atoms with Crippen LogP contribution in [-0.2, 0) is 34.3 Å². The van der Waals surface area contributed by atoms with E-state index in [0.29, 0.717) is 19.5 Å². The highest BCUT2D eigenvalue weighted by molar-refractivity contribution is 7.90. The number of aryl methyl sites for hydroxylation is 1. The number of sulfonamides is 1. The smallest absolute Gasteiger partial charge is 0.410 e. The Hall–Kier alpha value is -1.90. The Morgan fingerprint density at radius 3 is 2.67 bits per heavy atom. The first-order valence-corrected chi connectivity index (χ1v) is 11.4. The van der Waals surface area contributed by atoms with E-state index in [1.165, 1.54) is 9.78 Å². The highest BCUT2D eigenvalue weighted by Gasteiger charge is 2.35. The van der Waals surface area contributed by atoms with Crippen molar-refractivity contribution in [2.75, 3.05) is 13.1 Å². The molecule has 2 heterocycles. The van der Waals surface area contributed by atoms with Gasteiger partial charge < -0.3 is 9.64 Å². The van der Waals surface area contributed by atoms with Gasteiger partial charge >= 0.3 is 6.09 Å². The Labute approximate surface area is 164 Å². The van der Waals surface area contributed by atoms with E-state index >= 15 is 0 Å². The van der Waals surface area contributed by atoms with Gasteiger partial charge in [0.15, 0.2) is 0 Å². The van der Waals surface area contributed by atoms with Crippen molar-refractivity contribution in [2.45, 2.75) is 38.2 Å². The van der Waals surface area contributed by atoms with Crippen LogP contribution in [-0.4, -0.2) is 37.8 Å². The zero-order valence-electron chi connectivity index (χ0n) is 15.3. The average Bonchev–Trinajstić information content (AvgIpc) is 3.35. The number of likely N-dealkylation sites (tertiary alicyclic amines) is 1. The highest BCUT2D eigenvalue weighted by Crippen LogP contribution is 2.20. The number of thiophene rings is 1. The Bertz CT molecular complexity index is 865. The van der Waals surface area contributed by atoms with Crippen LogP contribution < -0.4 is 4.72 Å². The van der Waals surface area contributed by atoms with Crippen molar-refractivity contribution in [3.8, 4) is 0 Å². The predicted molar refractivity (Wildman–Crippen MR) is 106 cm³/mol. The molecule has 2 aromatic rings. The molecule has 1 aromatic heterocycles. The Kier molecular flexibility index (Phi) is 6.51. The second-order valence-electron chi connectivity index (χ2n) is 6.48. The van der Waals surface area contributed by atoms with Crippen LogP contribution in [0.25, 0.3) is 0 Å². The lowest BCUT2D eigenvalue weighted by atomic mass is 10.2. The summed E-state index contributed by atoms with van der Waals surface area (Å²) in [6.07, 6.45) is 0.892. The molecule has 27 heavy (non-hydrogen) atoms. The van der Waals surface area contributed by atoms with Crippen molar-refractivity contribution >= 4 is 27.5 Å². The molecule has 1 saturated heterocycles. The van der Waals surface area contributed by atoms with Crippen LogP contribution in [0.15, 0.2) is 42.5 Å². The molecule has 1 amide bonds. The van der Waals surface area contributed by atoms with Crippen LogP contribution in [0.4, 0.5) is 4.79 Å². The van der Waals surface area contributed by atoms with Crippen molar-refractivity contribution in [2.24, 2.45) is 0 Å². The standard InChI is InChI=1S/C19H24N2O4S2/c1-2-16-8-9-17(26-16)12-20-27(23,24)18-10-11-21(13-18)19(22)25-14-15-6-4-3-5-7-15/h3-9,18,20H,2,10-14H2,1H3. The molecule has 3 rings (SSSR count). The fourth-order valence-corrected chi connectivity index (χ4v) is 5.33. The molecule has 1 fully saturated rings. The summed E-state index contributed by atoms with van der Waals surface area (Å²) < 4.78 is 33.1. The van der Waals surface area contributed by atoms with Crippen molar-refractivity contribution in [1.29, 1.82) is 0 Å². The van der Waals surface area contributed by atoms with Crippen LogP contribution in [0.1, 0.15) is 28.7 Å². The maximum atomic E-state index is 12.5. The molecule has 0 radical (unpaired) electrons. The van der Waals surface area contributed by atoms with E-state index in [4.69, 9.17) is 4.74 Å². The molecule has 146 valence electrons. The third-order valence-electron chi connectivity index (χ3n) is 4.56. The topological polar surface area (TPSA) is 75.7 Å². The Morgan fingerprint density at radius 2 is 1.96 bits per heavy atom. The monoisotopic (exact) mass is 408 g/mol. The van der Waals surface area contributed by atoms with Gasteiger partial charge in [0, 0.05) is 29.4 Å². The largest absolute Gasteiger partial charge is 0.445 e. The van der Waals surface area contributed by atoms with E-state index in [1.807, 2.05) is 42.5 Å². The second kappa shape index (κ2) is 8.86. The molecule has 0 aliphatic carbocycles. The zero-order chi connectivity index (χ0) is 19.3. The quantitative estimate of drug-likeness (QED) is 0.764. The van der Waals surface area contributed by atoms with Crippen molar-refractivity contribution in [1.82, 2.24) is 9.62 Å². The van der Waals surface area contributed by atoms with Gasteiger partial charge in [-0.1, -0.05) is 37.3 Å². The van der Waals surface area contributed by atoms with Gasteiger partial charge in [0.1, 0.15) is 6.61 Å². The summed E-state index contributed by atoms with van der Waals surface area (Å²) in [6.45, 7) is 3.10. The normalized spacial score (nSPS) is 17.2. The third kappa shape index (κ3) is 5.31. The number of amides is 1. The zero-order valence-corrected chi connectivity index (χ0v) is 16.9. The van der Waals surface area contributed by atoms with Crippen LogP contribution in [0.2, 0.25) is 0 Å². The molecule has 8 heteroatoms. The summed E-state index contributed by atoms with van der Waals surface area (Å²) in [5.74, 6) is 0. The molecule has 1 atom stereocenters. The van der Waals surface area contributed by atoms with Gasteiger partial charge in [0.25, 0.3) is 0 Å². The molecular weight excluding hydrogens is 384 g/mol. The summed E-state index contributed by atoms with van der Waals surface area (Å²) in [5, 5.41) is -0.604. The number of rotatable bonds is 7. The number of nitrogens with one attached hydrogen (secondary N) is 1. The molecule has 1 aliphatic heterocycles. The number of ether oxygens (including phenoxy) is 1. The number of hydrogen-bond acceptors (Lipinski definition) is 5. The molecule has 1 aromatic carbocycles. The van der Waals surface area contributed by atoms with Gasteiger partial charge in [0.05, 0.1) is 5.25 Å². The SMILES string of the molecule is CCc1ccc(CNS(=O)(=O)C2CCN(C(=O)OCc3ccccc3)C2)s1. The molecular formula is C19H24N2O4S2. The summed E-state index contributed by atoms with van der Waals surface area (Å²) in [5.41, 5.74) is 0.901. The van der Waals surface area contributed by atoms with E-state index in [1.54, 1.807) is 11.3 Å². The van der Waals surface area contributed by atoms with Crippen molar-refractivity contribution in [3.05, 3.63) is 57.8 Å². The minimum atomic E-state index is -3.48. The van der Waals surface area contributed by atoms with E-state index < -0.39 is 21.4 Å². The molecule has 0 saturated carbocycles. The summed E-state index contributed by atoms with van der Waals surface area (Å²) in [7, 11) is -3.48. The molecule has 6 nitrogen and oxygen atoms in total. The highest BCUT2D eigenvalue weighted by atomic mass is 32.2. The number of benzene rings is 1. The third-order valence-corrected chi connectivity index (χ3v) is 7.60. The number of carbonyl (C=O) groups excluding carboxylic acids is 1. The molecule has 1 aliphatic rings. The maximum Gasteiger partial charge on any atom is 0.410 e. The van der Waals surface area contributed by atoms with Gasteiger partial charge in [-0.05, 0) is 30.5 Å². The van der Waals surface area contributed by atoms with E-state index in [-0.39, 0.29) is 13.2 Å². The predicted octanol–water partition coefficient (Wildman–Crippen LogP) is 3.14. The Balaban J connectivity index is 1.49. The van der Waals surface area contributed by atoms with Gasteiger partial charge in [-0.25, -0.2) is 17.9 Å². The summed E-state index contributed by atoms with van der Waals surface area (Å²) in [4.78, 5) is 15.9. The molecule has 0 spiro atoms. The van der Waals surface area contributed by atoms with Gasteiger partial charge in [-0.3, -0.25) is 0 Å². The molecule has 1 N–H and O–H groups in total. The lowest BCUT2D eigenvalue weighted by molar-refractivity contribution is 0.104. The fourth-order valence-electron chi connectivity index (χ4n) is 2.95. The van der Waals surface area contributed by atoms with Gasteiger partial charge in [0.2, 0.25) is 10.0 Å². The Morgan fingerprint density at radius 1 is 1.22 bits per heavy atom. The van der Waals surface area contributed by atoms with Crippen LogP contribution in [0.5, 0.6) is 0 Å². The molecule has 1 unspecified atom stereocenters. The first kappa shape index (κ1) is 19.9. The summed E-state index contributed by atoms with van der Waals surface area (Å²) >= 11 is 1.61. The van der Waals surface area contributed by atoms with Crippen LogP contribution in [0.3, 0.4) is 0 Å². The number of carbonyl (C=O) groups is 1.